The molecule has 1 aliphatic rings. The van der Waals surface area contributed by atoms with E-state index in [1.54, 1.807) is 18.2 Å². The molecule has 8 heteroatoms. The molecule has 0 aliphatic carbocycles. The van der Waals surface area contributed by atoms with Gasteiger partial charge in [0.25, 0.3) is 5.91 Å². The molecule has 0 spiro atoms. The van der Waals surface area contributed by atoms with Gasteiger partial charge in [-0.25, -0.2) is 9.69 Å². The summed E-state index contributed by atoms with van der Waals surface area (Å²) in [5, 5.41) is 2.41. The SMILES string of the molecule is COC(=O)CN1C(=O)NC(=Cc2cccc(OC)c2OC)C1=O. The maximum absolute atomic E-state index is 12.2. The third-order valence-electron chi connectivity index (χ3n) is 3.21. The van der Waals surface area contributed by atoms with Crippen molar-refractivity contribution in [3.63, 3.8) is 0 Å². The average Bonchev–Trinajstić information content (AvgIpc) is 2.81. The van der Waals surface area contributed by atoms with Gasteiger partial charge in [0.15, 0.2) is 11.5 Å². The van der Waals surface area contributed by atoms with Gasteiger partial charge in [-0.15, -0.1) is 0 Å². The van der Waals surface area contributed by atoms with Crippen LogP contribution < -0.4 is 14.8 Å². The minimum Gasteiger partial charge on any atom is -0.493 e. The molecule has 1 heterocycles. The number of benzene rings is 1. The number of nitrogens with one attached hydrogen (secondary N) is 1. The predicted octanol–water partition coefficient (Wildman–Crippen LogP) is 0.769. The molecule has 23 heavy (non-hydrogen) atoms. The highest BCUT2D eigenvalue weighted by atomic mass is 16.5. The predicted molar refractivity (Wildman–Crippen MR) is 79.8 cm³/mol. The molecule has 8 nitrogen and oxygen atoms in total. The first kappa shape index (κ1) is 16.3. The van der Waals surface area contributed by atoms with Crippen molar-refractivity contribution in [2.24, 2.45) is 0 Å². The van der Waals surface area contributed by atoms with Crippen molar-refractivity contribution in [2.45, 2.75) is 0 Å². The monoisotopic (exact) mass is 320 g/mol. The van der Waals surface area contributed by atoms with E-state index in [2.05, 4.69) is 10.1 Å². The summed E-state index contributed by atoms with van der Waals surface area (Å²) < 4.78 is 14.9. The number of hydrogen-bond donors (Lipinski definition) is 1. The van der Waals surface area contributed by atoms with Crippen LogP contribution in [0.5, 0.6) is 11.5 Å². The second-order valence-corrected chi connectivity index (χ2v) is 4.54. The largest absolute Gasteiger partial charge is 0.493 e. The number of amides is 3. The van der Waals surface area contributed by atoms with Crippen LogP contribution in [0.3, 0.4) is 0 Å². The lowest BCUT2D eigenvalue weighted by atomic mass is 10.1. The molecule has 1 aliphatic heterocycles. The van der Waals surface area contributed by atoms with E-state index in [4.69, 9.17) is 9.47 Å². The summed E-state index contributed by atoms with van der Waals surface area (Å²) in [6.45, 7) is -0.451. The Labute approximate surface area is 132 Å². The Kier molecular flexibility index (Phi) is 4.85. The molecule has 1 N–H and O–H groups in total. The van der Waals surface area contributed by atoms with Crippen LogP contribution in [-0.2, 0) is 14.3 Å². The van der Waals surface area contributed by atoms with Gasteiger partial charge in [0.1, 0.15) is 12.2 Å². The molecule has 3 amide bonds. The molecule has 0 bridgehead atoms. The summed E-state index contributed by atoms with van der Waals surface area (Å²) in [4.78, 5) is 36.0. The normalized spacial score (nSPS) is 15.6. The standard InChI is InChI=1S/C15H16N2O6/c1-21-11-6-4-5-9(13(11)23-3)7-10-14(19)17(15(20)16-10)8-12(18)22-2/h4-7H,8H2,1-3H3,(H,16,20). The third-order valence-corrected chi connectivity index (χ3v) is 3.21. The maximum atomic E-state index is 12.2. The van der Waals surface area contributed by atoms with Crippen LogP contribution in [0.25, 0.3) is 6.08 Å². The van der Waals surface area contributed by atoms with Crippen LogP contribution in [-0.4, -0.2) is 50.7 Å². The minimum atomic E-state index is -0.687. The number of nitrogens with zero attached hydrogens (tertiary/aromatic N) is 1. The number of hydrogen-bond acceptors (Lipinski definition) is 6. The number of carbonyl (C=O) groups excluding carboxylic acids is 3. The van der Waals surface area contributed by atoms with Crippen molar-refractivity contribution < 1.29 is 28.6 Å². The van der Waals surface area contributed by atoms with Gasteiger partial charge in [-0.05, 0) is 12.1 Å². The average molecular weight is 320 g/mol. The van der Waals surface area contributed by atoms with Gasteiger partial charge in [0.2, 0.25) is 0 Å². The van der Waals surface area contributed by atoms with E-state index < -0.39 is 24.5 Å². The number of carbonyl (C=O) groups is 3. The van der Waals surface area contributed by atoms with Crippen molar-refractivity contribution >= 4 is 24.0 Å². The molecular formula is C15H16N2O6. The summed E-state index contributed by atoms with van der Waals surface area (Å²) in [7, 11) is 4.15. The second kappa shape index (κ2) is 6.82. The fraction of sp³-hybridized carbons (Fsp3) is 0.267. The van der Waals surface area contributed by atoms with E-state index in [0.29, 0.717) is 17.1 Å². The highest BCUT2D eigenvalue weighted by Gasteiger charge is 2.35. The van der Waals surface area contributed by atoms with E-state index in [1.807, 2.05) is 0 Å². The topological polar surface area (TPSA) is 94.2 Å². The summed E-state index contributed by atoms with van der Waals surface area (Å²) in [6, 6.07) is 4.45. The van der Waals surface area contributed by atoms with Crippen molar-refractivity contribution in [3.8, 4) is 11.5 Å². The van der Waals surface area contributed by atoms with Crippen molar-refractivity contribution in [1.29, 1.82) is 0 Å². The lowest BCUT2D eigenvalue weighted by Crippen LogP contribution is -2.36. The Hall–Kier alpha value is -3.03. The van der Waals surface area contributed by atoms with Crippen molar-refractivity contribution in [1.82, 2.24) is 10.2 Å². The summed E-state index contributed by atoms with van der Waals surface area (Å²) >= 11 is 0. The van der Waals surface area contributed by atoms with E-state index in [9.17, 15) is 14.4 Å². The van der Waals surface area contributed by atoms with E-state index in [1.165, 1.54) is 27.4 Å². The molecule has 1 fully saturated rings. The summed E-state index contributed by atoms with van der Waals surface area (Å²) in [6.07, 6.45) is 1.46. The van der Waals surface area contributed by atoms with E-state index in [0.717, 1.165) is 4.90 Å². The molecule has 0 radical (unpaired) electrons. The Morgan fingerprint density at radius 2 is 1.96 bits per heavy atom. The van der Waals surface area contributed by atoms with Crippen LogP contribution in [0.4, 0.5) is 4.79 Å². The Morgan fingerprint density at radius 3 is 2.57 bits per heavy atom. The molecule has 0 unspecified atom stereocenters. The molecule has 0 aromatic heterocycles. The minimum absolute atomic E-state index is 0.0328. The van der Waals surface area contributed by atoms with Crippen molar-refractivity contribution in [3.05, 3.63) is 29.5 Å². The van der Waals surface area contributed by atoms with Gasteiger partial charge in [-0.3, -0.25) is 9.59 Å². The van der Waals surface area contributed by atoms with E-state index >= 15 is 0 Å². The van der Waals surface area contributed by atoms with Crippen LogP contribution in [0.1, 0.15) is 5.56 Å². The zero-order valence-electron chi connectivity index (χ0n) is 12.9. The number of para-hydroxylation sites is 1. The Morgan fingerprint density at radius 1 is 1.22 bits per heavy atom. The van der Waals surface area contributed by atoms with Gasteiger partial charge in [-0.1, -0.05) is 12.1 Å². The first-order valence-corrected chi connectivity index (χ1v) is 6.64. The molecule has 0 atom stereocenters. The molecule has 122 valence electrons. The third kappa shape index (κ3) is 3.25. The Balaban J connectivity index is 2.33. The number of methoxy groups -OCH3 is 3. The van der Waals surface area contributed by atoms with Gasteiger partial charge in [0, 0.05) is 5.56 Å². The highest BCUT2D eigenvalue weighted by Crippen LogP contribution is 2.32. The molecule has 1 aromatic rings. The Bertz CT molecular complexity index is 683. The molecular weight excluding hydrogens is 304 g/mol. The van der Waals surface area contributed by atoms with Crippen molar-refractivity contribution in [2.75, 3.05) is 27.9 Å². The van der Waals surface area contributed by atoms with Crippen LogP contribution in [0.2, 0.25) is 0 Å². The van der Waals surface area contributed by atoms with Gasteiger partial charge < -0.3 is 19.5 Å². The number of ether oxygens (including phenoxy) is 3. The second-order valence-electron chi connectivity index (χ2n) is 4.54. The van der Waals surface area contributed by atoms with Crippen LogP contribution in [0, 0.1) is 0 Å². The zero-order valence-corrected chi connectivity index (χ0v) is 12.9. The lowest BCUT2D eigenvalue weighted by molar-refractivity contribution is -0.143. The number of esters is 1. The maximum Gasteiger partial charge on any atom is 0.329 e. The molecule has 0 saturated carbocycles. The van der Waals surface area contributed by atoms with Gasteiger partial charge >= 0.3 is 12.0 Å². The van der Waals surface area contributed by atoms with E-state index in [-0.39, 0.29) is 5.70 Å². The van der Waals surface area contributed by atoms with Gasteiger partial charge in [-0.2, -0.15) is 0 Å². The summed E-state index contributed by atoms with van der Waals surface area (Å²) in [5.74, 6) is -0.389. The zero-order chi connectivity index (χ0) is 17.0. The molecule has 1 saturated heterocycles. The first-order chi connectivity index (χ1) is 11.0. The smallest absolute Gasteiger partial charge is 0.329 e. The number of imide groups is 1. The fourth-order valence-corrected chi connectivity index (χ4v) is 2.09. The van der Waals surface area contributed by atoms with Gasteiger partial charge in [0.05, 0.1) is 21.3 Å². The number of rotatable bonds is 5. The number of urea groups is 1. The quantitative estimate of drug-likeness (QED) is 0.489. The highest BCUT2D eigenvalue weighted by molar-refractivity contribution is 6.15. The lowest BCUT2D eigenvalue weighted by Gasteiger charge is -2.10. The van der Waals surface area contributed by atoms with Crippen LogP contribution >= 0.6 is 0 Å². The fourth-order valence-electron chi connectivity index (χ4n) is 2.09. The summed E-state index contributed by atoms with van der Waals surface area (Å²) in [5.41, 5.74) is 0.584. The first-order valence-electron chi connectivity index (χ1n) is 6.64. The molecule has 2 rings (SSSR count). The molecule has 1 aromatic carbocycles. The van der Waals surface area contributed by atoms with Crippen LogP contribution in [0.15, 0.2) is 23.9 Å².